The number of benzene rings is 1. The Morgan fingerprint density at radius 2 is 2.26 bits per heavy atom. The first-order chi connectivity index (χ1) is 11.0. The van der Waals surface area contributed by atoms with Crippen LogP contribution < -0.4 is 15.0 Å². The van der Waals surface area contributed by atoms with Crippen LogP contribution in [0.3, 0.4) is 0 Å². The Labute approximate surface area is 134 Å². The zero-order chi connectivity index (χ0) is 16.0. The van der Waals surface area contributed by atoms with E-state index < -0.39 is 0 Å². The van der Waals surface area contributed by atoms with E-state index in [1.165, 1.54) is 23.6 Å². The van der Waals surface area contributed by atoms with Gasteiger partial charge in [0.1, 0.15) is 12.4 Å². The molecular weight excluding hydrogens is 292 g/mol. The summed E-state index contributed by atoms with van der Waals surface area (Å²) in [5.41, 5.74) is 2.80. The molecule has 4 rings (SSSR count). The summed E-state index contributed by atoms with van der Waals surface area (Å²) in [6.07, 6.45) is 3.89. The van der Waals surface area contributed by atoms with Crippen molar-refractivity contribution in [3.63, 3.8) is 0 Å². The van der Waals surface area contributed by atoms with Crippen LogP contribution in [-0.4, -0.2) is 22.3 Å². The first kappa shape index (κ1) is 14.3. The Kier molecular flexibility index (Phi) is 3.18. The van der Waals surface area contributed by atoms with Crippen molar-refractivity contribution in [1.29, 1.82) is 0 Å². The number of fused-ring (bicyclic) bond motifs is 2. The Balaban J connectivity index is 1.42. The lowest BCUT2D eigenvalue weighted by Crippen LogP contribution is -2.23. The minimum atomic E-state index is -0.279. The molecule has 2 aromatic rings. The topological polar surface area (TPSA) is 53.4 Å². The molecule has 0 saturated heterocycles. The fourth-order valence-electron chi connectivity index (χ4n) is 3.44. The Hall–Kier alpha value is -2.30. The van der Waals surface area contributed by atoms with Crippen LogP contribution in [-0.2, 0) is 18.4 Å². The molecule has 0 spiro atoms. The van der Waals surface area contributed by atoms with Crippen molar-refractivity contribution < 1.29 is 9.47 Å². The highest BCUT2D eigenvalue weighted by atomic mass is 16.6. The Morgan fingerprint density at radius 3 is 3.13 bits per heavy atom. The maximum atomic E-state index is 11.2. The van der Waals surface area contributed by atoms with Crippen LogP contribution in [0.2, 0.25) is 0 Å². The van der Waals surface area contributed by atoms with E-state index in [0.29, 0.717) is 19.2 Å². The molecule has 1 aliphatic carbocycles. The molecule has 1 unspecified atom stereocenters. The van der Waals surface area contributed by atoms with E-state index in [9.17, 15) is 4.79 Å². The second-order valence-electron chi connectivity index (χ2n) is 6.95. The average Bonchev–Trinajstić information content (AvgIpc) is 3.05. The number of hydrogen-bond donors (Lipinski definition) is 0. The van der Waals surface area contributed by atoms with Crippen molar-refractivity contribution in [3.05, 3.63) is 51.9 Å². The van der Waals surface area contributed by atoms with Crippen LogP contribution in [0.25, 0.3) is 0 Å². The van der Waals surface area contributed by atoms with Gasteiger partial charge >= 0.3 is 0 Å². The molecule has 2 aliphatic rings. The smallest absolute Gasteiger partial charge is 0.300 e. The lowest BCUT2D eigenvalue weighted by atomic mass is 9.87. The molecule has 0 fully saturated rings. The third-order valence-electron chi connectivity index (χ3n) is 4.78. The van der Waals surface area contributed by atoms with Crippen LogP contribution in [0.4, 0.5) is 0 Å². The quantitative estimate of drug-likeness (QED) is 0.873. The van der Waals surface area contributed by atoms with Crippen molar-refractivity contribution in [2.45, 2.75) is 44.8 Å². The van der Waals surface area contributed by atoms with Crippen molar-refractivity contribution in [1.82, 2.24) is 9.55 Å². The third-order valence-corrected chi connectivity index (χ3v) is 4.78. The number of ether oxygens (including phenoxy) is 2. The molecule has 1 atom stereocenters. The average molecular weight is 312 g/mol. The van der Waals surface area contributed by atoms with Gasteiger partial charge in [0.05, 0.1) is 6.54 Å². The zero-order valence-corrected chi connectivity index (χ0v) is 13.4. The fraction of sp³-hybridized carbons (Fsp3) is 0.444. The summed E-state index contributed by atoms with van der Waals surface area (Å²) in [4.78, 5) is 15.1. The van der Waals surface area contributed by atoms with Gasteiger partial charge in [0.25, 0.3) is 11.6 Å². The largest absolute Gasteiger partial charge is 0.490 e. The van der Waals surface area contributed by atoms with Gasteiger partial charge in [-0.25, -0.2) is 0 Å². The van der Waals surface area contributed by atoms with Gasteiger partial charge in [-0.15, -0.1) is 0 Å². The van der Waals surface area contributed by atoms with Crippen molar-refractivity contribution in [3.8, 4) is 11.8 Å². The summed E-state index contributed by atoms with van der Waals surface area (Å²) in [7, 11) is 0. The highest BCUT2D eigenvalue weighted by molar-refractivity contribution is 5.43. The Bertz CT molecular complexity index is 810. The molecule has 2 heterocycles. The second kappa shape index (κ2) is 5.11. The molecule has 0 radical (unpaired) electrons. The molecular formula is C18H20N2O3. The molecule has 1 aliphatic heterocycles. The molecule has 5 nitrogen and oxygen atoms in total. The van der Waals surface area contributed by atoms with Gasteiger partial charge < -0.3 is 9.47 Å². The normalized spacial score (nSPS) is 20.7. The monoisotopic (exact) mass is 312 g/mol. The molecule has 5 heteroatoms. The standard InChI is InChI=1S/C18H20N2O3/c1-18(2)7-5-12-9-13(3-4-15(12)18)22-11-14-10-20-8-6-16(21)19-17(20)23-14/h3-4,6,8-9,14H,5,7,10-11H2,1-2H3. The van der Waals surface area contributed by atoms with Gasteiger partial charge in [-0.3, -0.25) is 9.36 Å². The van der Waals surface area contributed by atoms with Gasteiger partial charge in [0, 0.05) is 12.3 Å². The summed E-state index contributed by atoms with van der Waals surface area (Å²) in [5.74, 6) is 0.878. The van der Waals surface area contributed by atoms with Gasteiger partial charge in [0.2, 0.25) is 0 Å². The maximum absolute atomic E-state index is 11.2. The SMILES string of the molecule is CC1(C)CCc2cc(OCC3Cn4ccc(=O)nc4O3)ccc21. The first-order valence-corrected chi connectivity index (χ1v) is 8.02. The van der Waals surface area contributed by atoms with E-state index >= 15 is 0 Å². The number of aryl methyl sites for hydroxylation is 1. The highest BCUT2D eigenvalue weighted by Crippen LogP contribution is 2.39. The molecule has 120 valence electrons. The summed E-state index contributed by atoms with van der Waals surface area (Å²) in [6, 6.07) is 8.18. The first-order valence-electron chi connectivity index (χ1n) is 8.02. The van der Waals surface area contributed by atoms with E-state index in [2.05, 4.69) is 31.0 Å². The van der Waals surface area contributed by atoms with E-state index in [1.807, 2.05) is 10.6 Å². The predicted molar refractivity (Wildman–Crippen MR) is 86.2 cm³/mol. The summed E-state index contributed by atoms with van der Waals surface area (Å²) >= 11 is 0. The van der Waals surface area contributed by atoms with E-state index in [1.54, 1.807) is 6.20 Å². The van der Waals surface area contributed by atoms with Crippen LogP contribution in [0.15, 0.2) is 35.3 Å². The molecule has 0 N–H and O–H groups in total. The number of rotatable bonds is 3. The number of aromatic nitrogens is 2. The second-order valence-corrected chi connectivity index (χ2v) is 6.95. The maximum Gasteiger partial charge on any atom is 0.300 e. The van der Waals surface area contributed by atoms with Gasteiger partial charge in [-0.1, -0.05) is 19.9 Å². The molecule has 0 amide bonds. The molecule has 0 saturated carbocycles. The highest BCUT2D eigenvalue weighted by Gasteiger charge is 2.30. The summed E-state index contributed by atoms with van der Waals surface area (Å²) in [6.45, 7) is 5.68. The van der Waals surface area contributed by atoms with Crippen molar-refractivity contribution >= 4 is 0 Å². The van der Waals surface area contributed by atoms with Crippen molar-refractivity contribution in [2.75, 3.05) is 6.61 Å². The van der Waals surface area contributed by atoms with Gasteiger partial charge in [0.15, 0.2) is 6.10 Å². The van der Waals surface area contributed by atoms with Gasteiger partial charge in [-0.05, 0) is 41.5 Å². The van der Waals surface area contributed by atoms with E-state index in [-0.39, 0.29) is 17.1 Å². The molecule has 1 aromatic carbocycles. The van der Waals surface area contributed by atoms with E-state index in [0.717, 1.165) is 12.2 Å². The van der Waals surface area contributed by atoms with Crippen LogP contribution in [0.1, 0.15) is 31.4 Å². The lowest BCUT2D eigenvalue weighted by Gasteiger charge is -2.19. The van der Waals surface area contributed by atoms with Crippen LogP contribution in [0, 0.1) is 0 Å². The molecule has 0 bridgehead atoms. The zero-order valence-electron chi connectivity index (χ0n) is 13.4. The predicted octanol–water partition coefficient (Wildman–Crippen LogP) is 2.31. The minimum Gasteiger partial charge on any atom is -0.490 e. The Morgan fingerprint density at radius 1 is 1.39 bits per heavy atom. The summed E-state index contributed by atoms with van der Waals surface area (Å²) < 4.78 is 13.4. The van der Waals surface area contributed by atoms with Crippen molar-refractivity contribution in [2.24, 2.45) is 0 Å². The summed E-state index contributed by atoms with van der Waals surface area (Å²) in [5, 5.41) is 0. The van der Waals surface area contributed by atoms with Gasteiger partial charge in [-0.2, -0.15) is 4.98 Å². The molecule has 23 heavy (non-hydrogen) atoms. The van der Waals surface area contributed by atoms with E-state index in [4.69, 9.17) is 9.47 Å². The van der Waals surface area contributed by atoms with Crippen LogP contribution >= 0.6 is 0 Å². The number of hydrogen-bond acceptors (Lipinski definition) is 4. The number of nitrogens with zero attached hydrogens (tertiary/aromatic N) is 2. The minimum absolute atomic E-state index is 0.117. The molecule has 1 aromatic heterocycles. The van der Waals surface area contributed by atoms with Crippen LogP contribution in [0.5, 0.6) is 11.8 Å². The fourth-order valence-corrected chi connectivity index (χ4v) is 3.44. The lowest BCUT2D eigenvalue weighted by molar-refractivity contribution is 0.143. The third kappa shape index (κ3) is 2.60.